The zero-order valence-electron chi connectivity index (χ0n) is 16.0. The lowest BCUT2D eigenvalue weighted by Crippen LogP contribution is -2.44. The molecule has 1 aliphatic carbocycles. The predicted molar refractivity (Wildman–Crippen MR) is 100 cm³/mol. The van der Waals surface area contributed by atoms with Crippen LogP contribution in [-0.4, -0.2) is 66.8 Å². The van der Waals surface area contributed by atoms with E-state index in [2.05, 4.69) is 18.2 Å². The van der Waals surface area contributed by atoms with E-state index in [0.717, 1.165) is 19.3 Å². The van der Waals surface area contributed by atoms with Gasteiger partial charge in [0, 0.05) is 20.1 Å². The van der Waals surface area contributed by atoms with Crippen molar-refractivity contribution in [3.63, 3.8) is 0 Å². The molecule has 0 N–H and O–H groups in total. The number of aryl methyl sites for hydroxylation is 1. The molecule has 0 saturated carbocycles. The Balaban J connectivity index is 1.96. The van der Waals surface area contributed by atoms with E-state index in [-0.39, 0.29) is 30.9 Å². The number of likely N-dealkylation sites (N-methyl/N-ethyl adjacent to an activating group) is 3. The number of nitrogens with zero attached hydrogens (tertiary/aromatic N) is 3. The summed E-state index contributed by atoms with van der Waals surface area (Å²) in [6.45, 7) is 5.90. The van der Waals surface area contributed by atoms with E-state index >= 15 is 0 Å². The van der Waals surface area contributed by atoms with Gasteiger partial charge in [0.1, 0.15) is 0 Å². The molecular formula is C20H31N3O2. The lowest BCUT2D eigenvalue weighted by Gasteiger charge is -2.34. The molecule has 5 heteroatoms. The molecule has 0 fully saturated rings. The zero-order chi connectivity index (χ0) is 18.4. The molecule has 0 radical (unpaired) electrons. The molecule has 25 heavy (non-hydrogen) atoms. The van der Waals surface area contributed by atoms with Crippen molar-refractivity contribution in [2.24, 2.45) is 0 Å². The van der Waals surface area contributed by atoms with Crippen LogP contribution in [-0.2, 0) is 16.0 Å². The second-order valence-electron chi connectivity index (χ2n) is 6.85. The lowest BCUT2D eigenvalue weighted by molar-refractivity contribution is -0.135. The van der Waals surface area contributed by atoms with Crippen LogP contribution in [0.2, 0.25) is 0 Å². The summed E-state index contributed by atoms with van der Waals surface area (Å²) < 4.78 is 0. The third kappa shape index (κ3) is 4.82. The molecule has 0 saturated heterocycles. The highest BCUT2D eigenvalue weighted by Crippen LogP contribution is 2.33. The summed E-state index contributed by atoms with van der Waals surface area (Å²) in [7, 11) is 3.72. The Labute approximate surface area is 151 Å². The van der Waals surface area contributed by atoms with Gasteiger partial charge in [0.05, 0.1) is 19.1 Å². The molecule has 2 amide bonds. The first-order valence-electron chi connectivity index (χ1n) is 9.27. The average molecular weight is 345 g/mol. The molecule has 1 atom stereocenters. The Morgan fingerprint density at radius 2 is 1.68 bits per heavy atom. The number of carbonyl (C=O) groups is 2. The molecule has 2 rings (SSSR count). The van der Waals surface area contributed by atoms with Crippen molar-refractivity contribution in [2.75, 3.05) is 40.3 Å². The van der Waals surface area contributed by atoms with Crippen LogP contribution >= 0.6 is 0 Å². The number of carbonyl (C=O) groups excluding carboxylic acids is 2. The molecule has 0 aliphatic heterocycles. The Morgan fingerprint density at radius 1 is 1.04 bits per heavy atom. The summed E-state index contributed by atoms with van der Waals surface area (Å²) in [6, 6.07) is 8.55. The van der Waals surface area contributed by atoms with E-state index in [1.165, 1.54) is 11.1 Å². The maximum atomic E-state index is 12.7. The van der Waals surface area contributed by atoms with E-state index in [1.54, 1.807) is 4.90 Å². The second-order valence-corrected chi connectivity index (χ2v) is 6.85. The van der Waals surface area contributed by atoms with Crippen molar-refractivity contribution in [1.82, 2.24) is 14.7 Å². The summed E-state index contributed by atoms with van der Waals surface area (Å²) in [5.41, 5.74) is 2.62. The van der Waals surface area contributed by atoms with Crippen LogP contribution in [0.1, 0.15) is 43.9 Å². The van der Waals surface area contributed by atoms with E-state index < -0.39 is 0 Å². The van der Waals surface area contributed by atoms with Gasteiger partial charge in [0.15, 0.2) is 0 Å². The number of amides is 2. The molecular weight excluding hydrogens is 314 g/mol. The van der Waals surface area contributed by atoms with E-state index in [9.17, 15) is 9.59 Å². The minimum atomic E-state index is 0.0662. The smallest absolute Gasteiger partial charge is 0.237 e. The maximum absolute atomic E-state index is 12.7. The lowest BCUT2D eigenvalue weighted by atomic mass is 9.87. The molecule has 0 bridgehead atoms. The molecule has 0 aromatic heterocycles. The summed E-state index contributed by atoms with van der Waals surface area (Å²) in [6.07, 6.45) is 3.20. The quantitative estimate of drug-likeness (QED) is 0.762. The molecule has 1 unspecified atom stereocenters. The number of fused-ring (bicyclic) bond motifs is 1. The number of benzene rings is 1. The molecule has 1 aromatic rings. The van der Waals surface area contributed by atoms with Gasteiger partial charge in [-0.05, 0) is 51.3 Å². The standard InChI is InChI=1S/C20H31N3O2/c1-5-23(6-2)20(25)15-21(3)14-19(24)22(4)18-13-9-11-16-10-7-8-12-17(16)18/h7-8,10,12,18H,5-6,9,11,13-15H2,1-4H3. The van der Waals surface area contributed by atoms with Gasteiger partial charge >= 0.3 is 0 Å². The molecule has 5 nitrogen and oxygen atoms in total. The van der Waals surface area contributed by atoms with Crippen LogP contribution < -0.4 is 0 Å². The second kappa shape index (κ2) is 8.99. The van der Waals surface area contributed by atoms with Gasteiger partial charge in [-0.3, -0.25) is 14.5 Å². The summed E-state index contributed by atoms with van der Waals surface area (Å²) in [5, 5.41) is 0. The van der Waals surface area contributed by atoms with Gasteiger partial charge in [-0.1, -0.05) is 24.3 Å². The maximum Gasteiger partial charge on any atom is 0.237 e. The van der Waals surface area contributed by atoms with Gasteiger partial charge in [0.2, 0.25) is 11.8 Å². The third-order valence-electron chi connectivity index (χ3n) is 5.13. The fourth-order valence-corrected chi connectivity index (χ4v) is 3.61. The summed E-state index contributed by atoms with van der Waals surface area (Å²) >= 11 is 0. The van der Waals surface area contributed by atoms with Crippen molar-refractivity contribution < 1.29 is 9.59 Å². The van der Waals surface area contributed by atoms with Crippen molar-refractivity contribution in [3.8, 4) is 0 Å². The fourth-order valence-electron chi connectivity index (χ4n) is 3.61. The highest BCUT2D eigenvalue weighted by molar-refractivity contribution is 5.81. The van der Waals surface area contributed by atoms with Gasteiger partial charge in [-0.15, -0.1) is 0 Å². The third-order valence-corrected chi connectivity index (χ3v) is 5.13. The van der Waals surface area contributed by atoms with Crippen molar-refractivity contribution >= 4 is 11.8 Å². The minimum Gasteiger partial charge on any atom is -0.342 e. The molecule has 0 heterocycles. The van der Waals surface area contributed by atoms with E-state index in [0.29, 0.717) is 13.1 Å². The highest BCUT2D eigenvalue weighted by atomic mass is 16.2. The van der Waals surface area contributed by atoms with Gasteiger partial charge in [-0.25, -0.2) is 0 Å². The Morgan fingerprint density at radius 3 is 2.36 bits per heavy atom. The van der Waals surface area contributed by atoms with Gasteiger partial charge in [-0.2, -0.15) is 0 Å². The van der Waals surface area contributed by atoms with E-state index in [4.69, 9.17) is 0 Å². The molecule has 1 aliphatic rings. The van der Waals surface area contributed by atoms with Crippen molar-refractivity contribution in [3.05, 3.63) is 35.4 Å². The van der Waals surface area contributed by atoms with Crippen LogP contribution in [0.4, 0.5) is 0 Å². The minimum absolute atomic E-state index is 0.0662. The SMILES string of the molecule is CCN(CC)C(=O)CN(C)CC(=O)N(C)C1CCCc2ccccc21. The van der Waals surface area contributed by atoms with Crippen molar-refractivity contribution in [2.45, 2.75) is 39.2 Å². The Hall–Kier alpha value is -1.88. The van der Waals surface area contributed by atoms with Crippen LogP contribution in [0.5, 0.6) is 0 Å². The monoisotopic (exact) mass is 345 g/mol. The zero-order valence-corrected chi connectivity index (χ0v) is 16.0. The van der Waals surface area contributed by atoms with Crippen molar-refractivity contribution in [1.29, 1.82) is 0 Å². The van der Waals surface area contributed by atoms with Crippen LogP contribution in [0.15, 0.2) is 24.3 Å². The van der Waals surface area contributed by atoms with Crippen LogP contribution in [0, 0.1) is 0 Å². The number of rotatable bonds is 7. The highest BCUT2D eigenvalue weighted by Gasteiger charge is 2.27. The van der Waals surface area contributed by atoms with Crippen LogP contribution in [0.3, 0.4) is 0 Å². The topological polar surface area (TPSA) is 43.9 Å². The van der Waals surface area contributed by atoms with E-state index in [1.807, 2.05) is 43.8 Å². The summed E-state index contributed by atoms with van der Waals surface area (Å²) in [4.78, 5) is 30.4. The summed E-state index contributed by atoms with van der Waals surface area (Å²) in [5.74, 6) is 0.141. The number of hydrogen-bond donors (Lipinski definition) is 0. The molecule has 138 valence electrons. The first-order chi connectivity index (χ1) is 12.0. The molecule has 1 aromatic carbocycles. The average Bonchev–Trinajstić information content (AvgIpc) is 2.61. The molecule has 0 spiro atoms. The first kappa shape index (κ1) is 19.4. The normalized spacial score (nSPS) is 16.4. The number of hydrogen-bond acceptors (Lipinski definition) is 3. The first-order valence-corrected chi connectivity index (χ1v) is 9.27. The van der Waals surface area contributed by atoms with Gasteiger partial charge < -0.3 is 9.80 Å². The predicted octanol–water partition coefficient (Wildman–Crippen LogP) is 2.32. The Kier molecular flexibility index (Phi) is 7.00. The Bertz CT molecular complexity index is 598. The fraction of sp³-hybridized carbons (Fsp3) is 0.600. The van der Waals surface area contributed by atoms with Gasteiger partial charge in [0.25, 0.3) is 0 Å². The largest absolute Gasteiger partial charge is 0.342 e. The van der Waals surface area contributed by atoms with Crippen LogP contribution in [0.25, 0.3) is 0 Å².